The van der Waals surface area contributed by atoms with Gasteiger partial charge in [0.15, 0.2) is 0 Å². The molecule has 0 aliphatic rings. The van der Waals surface area contributed by atoms with E-state index in [1.54, 1.807) is 0 Å². The van der Waals surface area contributed by atoms with E-state index in [9.17, 15) is 15.3 Å². The molecule has 0 saturated heterocycles. The lowest BCUT2D eigenvalue weighted by atomic mass is 10.0. The number of rotatable bonds is 9. The average molecular weight is 280 g/mol. The Labute approximate surface area is 123 Å². The molecule has 0 saturated carbocycles. The van der Waals surface area contributed by atoms with Gasteiger partial charge in [0.1, 0.15) is 12.2 Å². The lowest BCUT2D eigenvalue weighted by Crippen LogP contribution is -2.23. The van der Waals surface area contributed by atoms with Crippen molar-refractivity contribution >= 4 is 0 Å². The van der Waals surface area contributed by atoms with Gasteiger partial charge >= 0.3 is 0 Å². The third kappa shape index (κ3) is 10.9. The summed E-state index contributed by atoms with van der Waals surface area (Å²) in [5.74, 6) is 9.98. The summed E-state index contributed by atoms with van der Waals surface area (Å²) in [6.45, 7) is 4.01. The molecule has 0 aliphatic carbocycles. The molecule has 0 aliphatic heterocycles. The van der Waals surface area contributed by atoms with E-state index >= 15 is 0 Å². The van der Waals surface area contributed by atoms with Crippen LogP contribution in [0.1, 0.15) is 65.2 Å². The summed E-state index contributed by atoms with van der Waals surface area (Å²) in [5, 5.41) is 28.5. The highest BCUT2D eigenvalue weighted by molar-refractivity contribution is 5.28. The van der Waals surface area contributed by atoms with Gasteiger partial charge in [0.05, 0.1) is 6.10 Å². The Morgan fingerprint density at radius 1 is 0.800 bits per heavy atom. The van der Waals surface area contributed by atoms with Crippen LogP contribution in [-0.2, 0) is 0 Å². The first-order valence-electron chi connectivity index (χ1n) is 7.67. The van der Waals surface area contributed by atoms with Gasteiger partial charge in [-0.15, -0.1) is 0 Å². The summed E-state index contributed by atoms with van der Waals surface area (Å²) < 4.78 is 0. The normalized spacial score (nSPS) is 14.4. The fourth-order valence-corrected chi connectivity index (χ4v) is 1.72. The summed E-state index contributed by atoms with van der Waals surface area (Å²) in [4.78, 5) is 0. The molecular weight excluding hydrogens is 252 g/mol. The van der Waals surface area contributed by atoms with Gasteiger partial charge < -0.3 is 15.3 Å². The first-order chi connectivity index (χ1) is 9.61. The van der Waals surface area contributed by atoms with E-state index in [2.05, 4.69) is 30.6 Å². The van der Waals surface area contributed by atoms with Crippen LogP contribution in [0.2, 0.25) is 0 Å². The quantitative estimate of drug-likeness (QED) is 0.448. The van der Waals surface area contributed by atoms with Crippen molar-refractivity contribution in [2.24, 2.45) is 0 Å². The third-order valence-electron chi connectivity index (χ3n) is 3.13. The van der Waals surface area contributed by atoms with Crippen molar-refractivity contribution in [3.05, 3.63) is 0 Å². The minimum absolute atomic E-state index is 0.553. The summed E-state index contributed by atoms with van der Waals surface area (Å²) in [6, 6.07) is 0. The van der Waals surface area contributed by atoms with Gasteiger partial charge in [0.25, 0.3) is 0 Å². The SMILES string of the molecule is CCCCCCCCC(O)C(O)C#CC#CC(O)CC. The van der Waals surface area contributed by atoms with Crippen LogP contribution in [0.25, 0.3) is 0 Å². The van der Waals surface area contributed by atoms with E-state index in [1.165, 1.54) is 25.7 Å². The zero-order valence-corrected chi connectivity index (χ0v) is 12.7. The largest absolute Gasteiger partial charge is 0.389 e. The Bertz CT molecular complexity index is 343. The van der Waals surface area contributed by atoms with Crippen LogP contribution in [0.5, 0.6) is 0 Å². The predicted molar refractivity (Wildman–Crippen MR) is 81.9 cm³/mol. The molecule has 3 N–H and O–H groups in total. The van der Waals surface area contributed by atoms with Crippen LogP contribution in [0.4, 0.5) is 0 Å². The molecule has 3 unspecified atom stereocenters. The van der Waals surface area contributed by atoms with Gasteiger partial charge in [-0.3, -0.25) is 0 Å². The monoisotopic (exact) mass is 280 g/mol. The maximum absolute atomic E-state index is 9.73. The summed E-state index contributed by atoms with van der Waals surface area (Å²) in [5.41, 5.74) is 0. The minimum atomic E-state index is -1.06. The highest BCUT2D eigenvalue weighted by atomic mass is 16.3. The smallest absolute Gasteiger partial charge is 0.141 e. The molecule has 3 atom stereocenters. The van der Waals surface area contributed by atoms with E-state index in [0.717, 1.165) is 12.8 Å². The molecule has 3 nitrogen and oxygen atoms in total. The molecule has 0 rings (SSSR count). The number of hydrogen-bond donors (Lipinski definition) is 3. The highest BCUT2D eigenvalue weighted by Crippen LogP contribution is 2.10. The number of unbranched alkanes of at least 4 members (excludes halogenated alkanes) is 5. The molecular formula is C17H28O3. The Hall–Kier alpha value is -1.00. The predicted octanol–water partition coefficient (Wildman–Crippen LogP) is 2.24. The van der Waals surface area contributed by atoms with E-state index in [1.807, 2.05) is 6.92 Å². The van der Waals surface area contributed by atoms with Crippen molar-refractivity contribution < 1.29 is 15.3 Å². The Morgan fingerprint density at radius 3 is 2.05 bits per heavy atom. The lowest BCUT2D eigenvalue weighted by molar-refractivity contribution is 0.0469. The Kier molecular flexibility index (Phi) is 12.4. The molecule has 0 bridgehead atoms. The van der Waals surface area contributed by atoms with Crippen LogP contribution < -0.4 is 0 Å². The van der Waals surface area contributed by atoms with E-state index < -0.39 is 18.3 Å². The zero-order chi connectivity index (χ0) is 15.2. The van der Waals surface area contributed by atoms with Gasteiger partial charge in [-0.05, 0) is 24.7 Å². The van der Waals surface area contributed by atoms with E-state index in [0.29, 0.717) is 12.8 Å². The molecule has 0 radical (unpaired) electrons. The zero-order valence-electron chi connectivity index (χ0n) is 12.7. The van der Waals surface area contributed by atoms with Crippen LogP contribution in [0.3, 0.4) is 0 Å². The third-order valence-corrected chi connectivity index (χ3v) is 3.13. The second-order valence-electron chi connectivity index (χ2n) is 5.03. The maximum atomic E-state index is 9.73. The first kappa shape index (κ1) is 19.0. The molecule has 0 aromatic heterocycles. The van der Waals surface area contributed by atoms with Crippen molar-refractivity contribution in [3.8, 4) is 23.7 Å². The molecule has 0 aromatic rings. The van der Waals surface area contributed by atoms with Gasteiger partial charge in [-0.1, -0.05) is 64.2 Å². The Morgan fingerprint density at radius 2 is 1.40 bits per heavy atom. The first-order valence-corrected chi connectivity index (χ1v) is 7.67. The van der Waals surface area contributed by atoms with Crippen LogP contribution >= 0.6 is 0 Å². The second kappa shape index (κ2) is 13.0. The fourth-order valence-electron chi connectivity index (χ4n) is 1.72. The summed E-state index contributed by atoms with van der Waals surface area (Å²) in [6.07, 6.45) is 5.48. The Balaban J connectivity index is 3.83. The number of aliphatic hydroxyl groups excluding tert-OH is 3. The van der Waals surface area contributed by atoms with Crippen LogP contribution in [0, 0.1) is 23.7 Å². The molecule has 0 heterocycles. The van der Waals surface area contributed by atoms with Crippen molar-refractivity contribution in [2.75, 3.05) is 0 Å². The average Bonchev–Trinajstić information content (AvgIpc) is 2.46. The molecule has 0 aromatic carbocycles. The standard InChI is InChI=1S/C17H28O3/c1-3-5-6-7-8-9-13-16(19)17(20)14-11-10-12-15(18)4-2/h15-20H,3-9,13H2,1-2H3. The fraction of sp³-hybridized carbons (Fsp3) is 0.765. The van der Waals surface area contributed by atoms with Crippen molar-refractivity contribution in [3.63, 3.8) is 0 Å². The molecule has 0 fully saturated rings. The van der Waals surface area contributed by atoms with E-state index in [-0.39, 0.29) is 0 Å². The van der Waals surface area contributed by atoms with Crippen molar-refractivity contribution in [2.45, 2.75) is 83.5 Å². The molecule has 20 heavy (non-hydrogen) atoms. The van der Waals surface area contributed by atoms with Gasteiger partial charge in [-0.25, -0.2) is 0 Å². The summed E-state index contributed by atoms with van der Waals surface area (Å²) >= 11 is 0. The maximum Gasteiger partial charge on any atom is 0.141 e. The van der Waals surface area contributed by atoms with Crippen LogP contribution in [-0.4, -0.2) is 33.6 Å². The molecule has 0 amide bonds. The van der Waals surface area contributed by atoms with Crippen molar-refractivity contribution in [1.82, 2.24) is 0 Å². The second-order valence-corrected chi connectivity index (χ2v) is 5.03. The highest BCUT2D eigenvalue weighted by Gasteiger charge is 2.12. The van der Waals surface area contributed by atoms with Gasteiger partial charge in [0, 0.05) is 0 Å². The number of aliphatic hydroxyl groups is 3. The number of hydrogen-bond acceptors (Lipinski definition) is 3. The summed E-state index contributed by atoms with van der Waals surface area (Å²) in [7, 11) is 0. The molecule has 3 heteroatoms. The van der Waals surface area contributed by atoms with Crippen molar-refractivity contribution in [1.29, 1.82) is 0 Å². The van der Waals surface area contributed by atoms with Gasteiger partial charge in [0.2, 0.25) is 0 Å². The lowest BCUT2D eigenvalue weighted by Gasteiger charge is -2.12. The van der Waals surface area contributed by atoms with Gasteiger partial charge in [-0.2, -0.15) is 0 Å². The van der Waals surface area contributed by atoms with Crippen LogP contribution in [0.15, 0.2) is 0 Å². The van der Waals surface area contributed by atoms with E-state index in [4.69, 9.17) is 0 Å². The minimum Gasteiger partial charge on any atom is -0.389 e. The topological polar surface area (TPSA) is 60.7 Å². The molecule has 0 spiro atoms. The molecule has 114 valence electrons.